The van der Waals surface area contributed by atoms with E-state index in [0.717, 1.165) is 27.8 Å². The summed E-state index contributed by atoms with van der Waals surface area (Å²) in [5, 5.41) is 0. The summed E-state index contributed by atoms with van der Waals surface area (Å²) in [6.45, 7) is 12.2. The van der Waals surface area contributed by atoms with Crippen molar-refractivity contribution >= 4 is 39.0 Å². The number of carbonyl (C=O) groups is 2. The van der Waals surface area contributed by atoms with Gasteiger partial charge in [0.25, 0.3) is 0 Å². The number of benzene rings is 1. The Morgan fingerprint density at radius 2 is 1.81 bits per heavy atom. The Morgan fingerprint density at radius 1 is 1.16 bits per heavy atom. The van der Waals surface area contributed by atoms with Crippen LogP contribution in [0.3, 0.4) is 0 Å². The zero-order valence-corrected chi connectivity index (χ0v) is 21.7. The van der Waals surface area contributed by atoms with E-state index in [2.05, 4.69) is 15.9 Å². The van der Waals surface area contributed by atoms with Crippen LogP contribution in [-0.2, 0) is 27.7 Å². The number of hydrogen-bond acceptors (Lipinski definition) is 5. The van der Waals surface area contributed by atoms with Gasteiger partial charge in [0.05, 0.1) is 17.0 Å². The SMILES string of the molecule is Cn1c(C[C@H](C(=O)OC(C)(C)C)[C@H]2CCN(C(=O)OC(C)(C)C)C2)nc2ccc(Br)cc21. The number of amides is 1. The first-order chi connectivity index (χ1) is 14.7. The Bertz CT molecular complexity index is 1000. The lowest BCUT2D eigenvalue weighted by molar-refractivity contribution is -0.162. The maximum absolute atomic E-state index is 13.2. The third kappa shape index (κ3) is 6.03. The summed E-state index contributed by atoms with van der Waals surface area (Å²) in [6, 6.07) is 5.94. The maximum atomic E-state index is 13.2. The lowest BCUT2D eigenvalue weighted by atomic mass is 9.88. The molecule has 1 aliphatic rings. The van der Waals surface area contributed by atoms with Crippen molar-refractivity contribution in [2.24, 2.45) is 18.9 Å². The molecule has 2 heterocycles. The van der Waals surface area contributed by atoms with Gasteiger partial charge in [0, 0.05) is 31.0 Å². The molecule has 8 heteroatoms. The van der Waals surface area contributed by atoms with Crippen molar-refractivity contribution < 1.29 is 19.1 Å². The maximum Gasteiger partial charge on any atom is 0.410 e. The van der Waals surface area contributed by atoms with Gasteiger partial charge in [-0.3, -0.25) is 4.79 Å². The van der Waals surface area contributed by atoms with E-state index in [1.165, 1.54) is 0 Å². The molecule has 0 N–H and O–H groups in total. The van der Waals surface area contributed by atoms with Crippen LogP contribution in [0.1, 0.15) is 53.8 Å². The van der Waals surface area contributed by atoms with E-state index < -0.39 is 17.1 Å². The number of rotatable bonds is 4. The molecule has 1 aromatic heterocycles. The summed E-state index contributed by atoms with van der Waals surface area (Å²) in [7, 11) is 1.96. The van der Waals surface area contributed by atoms with Gasteiger partial charge in [-0.05, 0) is 72.1 Å². The standard InChI is InChI=1S/C24H34BrN3O4/c1-23(2,3)31-21(29)17(15-10-11-28(14-15)22(30)32-24(4,5)6)13-20-26-18-9-8-16(25)12-19(18)27(20)7/h8-9,12,15,17H,10-11,13-14H2,1-7H3/t15-,17-/m0/s1. The molecule has 32 heavy (non-hydrogen) atoms. The average Bonchev–Trinajstić information content (AvgIpc) is 3.23. The number of carbonyl (C=O) groups excluding carboxylic acids is 2. The van der Waals surface area contributed by atoms with Gasteiger partial charge in [-0.2, -0.15) is 0 Å². The second kappa shape index (κ2) is 9.04. The third-order valence-electron chi connectivity index (χ3n) is 5.49. The predicted octanol–water partition coefficient (Wildman–Crippen LogP) is 5.09. The lowest BCUT2D eigenvalue weighted by Gasteiger charge is -2.28. The minimum absolute atomic E-state index is 0.0242. The Balaban J connectivity index is 1.84. The van der Waals surface area contributed by atoms with Gasteiger partial charge in [-0.15, -0.1) is 0 Å². The number of halogens is 1. The number of imidazole rings is 1. The quantitative estimate of drug-likeness (QED) is 0.538. The van der Waals surface area contributed by atoms with Gasteiger partial charge in [0.2, 0.25) is 0 Å². The van der Waals surface area contributed by atoms with Gasteiger partial charge in [-0.25, -0.2) is 9.78 Å². The normalized spacial score (nSPS) is 18.1. The number of fused-ring (bicyclic) bond motifs is 1. The van der Waals surface area contributed by atoms with Crippen molar-refractivity contribution in [3.63, 3.8) is 0 Å². The summed E-state index contributed by atoms with van der Waals surface area (Å²) in [5.74, 6) is 0.149. The second-order valence-corrected chi connectivity index (χ2v) is 11.5. The Hall–Kier alpha value is -2.09. The largest absolute Gasteiger partial charge is 0.460 e. The molecule has 7 nitrogen and oxygen atoms in total. The summed E-state index contributed by atoms with van der Waals surface area (Å²) in [5.41, 5.74) is 0.742. The Morgan fingerprint density at radius 3 is 2.44 bits per heavy atom. The van der Waals surface area contributed by atoms with E-state index in [0.29, 0.717) is 19.5 Å². The van der Waals surface area contributed by atoms with Crippen molar-refractivity contribution in [3.05, 3.63) is 28.5 Å². The first-order valence-corrected chi connectivity index (χ1v) is 11.8. The zero-order chi connectivity index (χ0) is 23.8. The van der Waals surface area contributed by atoms with Crippen LogP contribution in [0, 0.1) is 11.8 Å². The number of esters is 1. The molecule has 176 valence electrons. The van der Waals surface area contributed by atoms with Gasteiger partial charge < -0.3 is 18.9 Å². The van der Waals surface area contributed by atoms with Gasteiger partial charge >= 0.3 is 12.1 Å². The summed E-state index contributed by atoms with van der Waals surface area (Å²) < 4.78 is 14.3. The van der Waals surface area contributed by atoms with E-state index in [-0.39, 0.29) is 18.0 Å². The van der Waals surface area contributed by atoms with Gasteiger partial charge in [0.15, 0.2) is 0 Å². The highest BCUT2D eigenvalue weighted by atomic mass is 79.9. The number of aromatic nitrogens is 2. The molecule has 1 fully saturated rings. The predicted molar refractivity (Wildman–Crippen MR) is 127 cm³/mol. The topological polar surface area (TPSA) is 73.7 Å². The highest BCUT2D eigenvalue weighted by Gasteiger charge is 2.39. The molecular weight excluding hydrogens is 474 g/mol. The number of ether oxygens (including phenoxy) is 2. The van der Waals surface area contributed by atoms with Gasteiger partial charge in [-0.1, -0.05) is 15.9 Å². The summed E-state index contributed by atoms with van der Waals surface area (Å²) in [6.07, 6.45) is 0.832. The summed E-state index contributed by atoms with van der Waals surface area (Å²) in [4.78, 5) is 32.3. The number of hydrogen-bond donors (Lipinski definition) is 0. The number of likely N-dealkylation sites (tertiary alicyclic amines) is 1. The van der Waals surface area contributed by atoms with Crippen molar-refractivity contribution in [1.82, 2.24) is 14.5 Å². The average molecular weight is 508 g/mol. The van der Waals surface area contributed by atoms with Crippen LogP contribution in [0.25, 0.3) is 11.0 Å². The highest BCUT2D eigenvalue weighted by Crippen LogP contribution is 2.31. The second-order valence-electron chi connectivity index (χ2n) is 10.5. The van der Waals surface area contributed by atoms with Crippen molar-refractivity contribution in [1.29, 1.82) is 0 Å². The Kier molecular flexibility index (Phi) is 6.94. The molecule has 1 amide bonds. The lowest BCUT2D eigenvalue weighted by Crippen LogP contribution is -2.38. The molecule has 0 spiro atoms. The molecule has 3 rings (SSSR count). The first kappa shape index (κ1) is 24.6. The minimum Gasteiger partial charge on any atom is -0.460 e. The van der Waals surface area contributed by atoms with E-state index in [4.69, 9.17) is 14.5 Å². The molecule has 2 atom stereocenters. The van der Waals surface area contributed by atoms with Crippen LogP contribution in [0.2, 0.25) is 0 Å². The van der Waals surface area contributed by atoms with Crippen LogP contribution >= 0.6 is 15.9 Å². The number of nitrogens with zero attached hydrogens (tertiary/aromatic N) is 3. The van der Waals surface area contributed by atoms with Crippen LogP contribution in [0.5, 0.6) is 0 Å². The molecule has 1 aromatic carbocycles. The molecule has 1 aliphatic heterocycles. The van der Waals surface area contributed by atoms with Crippen molar-refractivity contribution in [2.45, 2.75) is 65.6 Å². The van der Waals surface area contributed by atoms with Gasteiger partial charge in [0.1, 0.15) is 17.0 Å². The summed E-state index contributed by atoms with van der Waals surface area (Å²) >= 11 is 3.51. The molecule has 1 saturated heterocycles. The molecule has 0 unspecified atom stereocenters. The molecule has 0 aliphatic carbocycles. The molecule has 0 bridgehead atoms. The third-order valence-corrected chi connectivity index (χ3v) is 5.99. The first-order valence-electron chi connectivity index (χ1n) is 11.0. The van der Waals surface area contributed by atoms with Crippen molar-refractivity contribution in [3.8, 4) is 0 Å². The van der Waals surface area contributed by atoms with E-state index in [1.54, 1.807) is 4.90 Å². The van der Waals surface area contributed by atoms with E-state index in [1.807, 2.05) is 71.4 Å². The van der Waals surface area contributed by atoms with Crippen LogP contribution in [0.15, 0.2) is 22.7 Å². The fourth-order valence-corrected chi connectivity index (χ4v) is 4.37. The molecule has 2 aromatic rings. The molecule has 0 saturated carbocycles. The smallest absolute Gasteiger partial charge is 0.410 e. The molecule has 0 radical (unpaired) electrons. The number of aryl methyl sites for hydroxylation is 1. The van der Waals surface area contributed by atoms with E-state index >= 15 is 0 Å². The van der Waals surface area contributed by atoms with Crippen LogP contribution in [0.4, 0.5) is 4.79 Å². The zero-order valence-electron chi connectivity index (χ0n) is 20.1. The van der Waals surface area contributed by atoms with E-state index in [9.17, 15) is 9.59 Å². The minimum atomic E-state index is -0.587. The highest BCUT2D eigenvalue weighted by molar-refractivity contribution is 9.10. The fourth-order valence-electron chi connectivity index (χ4n) is 4.02. The Labute approximate surface area is 198 Å². The molecular formula is C24H34BrN3O4. The van der Waals surface area contributed by atoms with Crippen LogP contribution in [-0.4, -0.2) is 50.8 Å². The fraction of sp³-hybridized carbons (Fsp3) is 0.625. The van der Waals surface area contributed by atoms with Crippen LogP contribution < -0.4 is 0 Å². The van der Waals surface area contributed by atoms with Crippen molar-refractivity contribution in [2.75, 3.05) is 13.1 Å². The monoisotopic (exact) mass is 507 g/mol.